The highest BCUT2D eigenvalue weighted by atomic mass is 32.1. The molecule has 2 heterocycles. The van der Waals surface area contributed by atoms with Gasteiger partial charge in [0.05, 0.1) is 36.3 Å². The monoisotopic (exact) mass is 430 g/mol. The molecule has 2 amide bonds. The molecule has 0 radical (unpaired) electrons. The Morgan fingerprint density at radius 3 is 2.80 bits per heavy atom. The van der Waals surface area contributed by atoms with Crippen molar-refractivity contribution in [2.45, 2.75) is 52.2 Å². The predicted octanol–water partition coefficient (Wildman–Crippen LogP) is 2.67. The summed E-state index contributed by atoms with van der Waals surface area (Å²) in [7, 11) is 0. The Bertz CT molecular complexity index is 850. The van der Waals surface area contributed by atoms with Gasteiger partial charge in [-0.1, -0.05) is 26.0 Å². The Balaban J connectivity index is 1.56. The molecule has 1 aliphatic rings. The molecule has 162 valence electrons. The number of nitrogens with one attached hydrogen (secondary N) is 2. The number of ether oxygens (including phenoxy) is 1. The highest BCUT2D eigenvalue weighted by Crippen LogP contribution is 2.20. The average Bonchev–Trinajstić information content (AvgIpc) is 3.20. The summed E-state index contributed by atoms with van der Waals surface area (Å²) in [6.45, 7) is 9.07. The molecule has 1 aliphatic heterocycles. The van der Waals surface area contributed by atoms with Crippen LogP contribution in [0.1, 0.15) is 49.4 Å². The van der Waals surface area contributed by atoms with E-state index in [1.165, 1.54) is 0 Å². The Morgan fingerprint density at radius 1 is 1.37 bits per heavy atom. The molecule has 2 N–H and O–H groups in total. The molecule has 1 saturated heterocycles. The number of piperazine rings is 1. The maximum atomic E-state index is 12.5. The summed E-state index contributed by atoms with van der Waals surface area (Å²) in [4.78, 5) is 31.6. The molecule has 1 fully saturated rings. The van der Waals surface area contributed by atoms with Crippen LogP contribution in [-0.2, 0) is 22.7 Å². The number of amides is 2. The lowest BCUT2D eigenvalue weighted by molar-refractivity contribution is -0.134. The number of carbonyl (C=O) groups excluding carboxylic acids is 2. The van der Waals surface area contributed by atoms with Crippen molar-refractivity contribution >= 4 is 23.2 Å². The Hall–Kier alpha value is -2.45. The summed E-state index contributed by atoms with van der Waals surface area (Å²) in [6.07, 6.45) is 0.129. The third kappa shape index (κ3) is 6.03. The number of hydrogen-bond donors (Lipinski definition) is 2. The van der Waals surface area contributed by atoms with Crippen molar-refractivity contribution in [2.24, 2.45) is 0 Å². The summed E-state index contributed by atoms with van der Waals surface area (Å²) in [5, 5.41) is 8.82. The summed E-state index contributed by atoms with van der Waals surface area (Å²) in [5.41, 5.74) is 1.94. The standard InChI is InChI=1S/C22H30N4O3S/c1-4-29-18-7-5-16(6-8-18)13-26-10-9-23-21(28)19(26)11-20(27)24-12-17-14-30-22(25-17)15(2)3/h5-8,14-15,19H,4,9-13H2,1-3H3,(H,23,28)(H,24,27). The van der Waals surface area contributed by atoms with E-state index in [1.54, 1.807) is 11.3 Å². The van der Waals surface area contributed by atoms with Gasteiger partial charge in [-0.15, -0.1) is 11.3 Å². The molecule has 0 aliphatic carbocycles. The van der Waals surface area contributed by atoms with Gasteiger partial charge in [-0.25, -0.2) is 4.98 Å². The molecule has 0 bridgehead atoms. The largest absolute Gasteiger partial charge is 0.494 e. The first-order valence-corrected chi connectivity index (χ1v) is 11.3. The first-order chi connectivity index (χ1) is 14.5. The number of carbonyl (C=O) groups is 2. The minimum atomic E-state index is -0.480. The second-order valence-corrected chi connectivity index (χ2v) is 8.56. The summed E-state index contributed by atoms with van der Waals surface area (Å²) in [6, 6.07) is 7.40. The molecular formula is C22H30N4O3S. The van der Waals surface area contributed by atoms with E-state index in [-0.39, 0.29) is 18.2 Å². The second kappa shape index (κ2) is 10.5. The van der Waals surface area contributed by atoms with Gasteiger partial charge in [0.25, 0.3) is 0 Å². The quantitative estimate of drug-likeness (QED) is 0.639. The van der Waals surface area contributed by atoms with Crippen LogP contribution in [0.3, 0.4) is 0 Å². The van der Waals surface area contributed by atoms with Crippen LogP contribution >= 0.6 is 11.3 Å². The SMILES string of the molecule is CCOc1ccc(CN2CCNC(=O)C2CC(=O)NCc2csc(C(C)C)n2)cc1. The Morgan fingerprint density at radius 2 is 2.13 bits per heavy atom. The van der Waals surface area contributed by atoms with E-state index in [2.05, 4.69) is 34.4 Å². The maximum absolute atomic E-state index is 12.5. The molecule has 1 aromatic heterocycles. The highest BCUT2D eigenvalue weighted by Gasteiger charge is 2.31. The van der Waals surface area contributed by atoms with Crippen molar-refractivity contribution in [1.82, 2.24) is 20.5 Å². The first-order valence-electron chi connectivity index (χ1n) is 10.4. The van der Waals surface area contributed by atoms with Crippen LogP contribution in [0.2, 0.25) is 0 Å². The van der Waals surface area contributed by atoms with Crippen molar-refractivity contribution in [3.05, 3.63) is 45.9 Å². The second-order valence-electron chi connectivity index (χ2n) is 7.67. The van der Waals surface area contributed by atoms with Gasteiger partial charge in [-0.05, 0) is 24.6 Å². The zero-order chi connectivity index (χ0) is 21.5. The number of benzene rings is 1. The molecule has 0 spiro atoms. The van der Waals surface area contributed by atoms with Crippen molar-refractivity contribution < 1.29 is 14.3 Å². The number of rotatable bonds is 9. The van der Waals surface area contributed by atoms with E-state index in [4.69, 9.17) is 4.74 Å². The summed E-state index contributed by atoms with van der Waals surface area (Å²) in [5.74, 6) is 0.962. The lowest BCUT2D eigenvalue weighted by Gasteiger charge is -2.34. The van der Waals surface area contributed by atoms with Gasteiger partial charge in [0.2, 0.25) is 11.8 Å². The van der Waals surface area contributed by atoms with E-state index in [0.29, 0.717) is 38.7 Å². The number of hydrogen-bond acceptors (Lipinski definition) is 6. The molecule has 1 unspecified atom stereocenters. The van der Waals surface area contributed by atoms with Crippen molar-refractivity contribution in [3.63, 3.8) is 0 Å². The van der Waals surface area contributed by atoms with Crippen LogP contribution in [0.4, 0.5) is 0 Å². The Labute approximate surface area is 181 Å². The van der Waals surface area contributed by atoms with Gasteiger partial charge in [0, 0.05) is 30.9 Å². The number of aromatic nitrogens is 1. The topological polar surface area (TPSA) is 83.6 Å². The van der Waals surface area contributed by atoms with Crippen molar-refractivity contribution in [1.29, 1.82) is 0 Å². The molecule has 2 aromatic rings. The van der Waals surface area contributed by atoms with Gasteiger partial charge < -0.3 is 15.4 Å². The number of nitrogens with zero attached hydrogens (tertiary/aromatic N) is 2. The third-order valence-corrected chi connectivity index (χ3v) is 6.16. The van der Waals surface area contributed by atoms with Gasteiger partial charge in [0.1, 0.15) is 5.75 Å². The summed E-state index contributed by atoms with van der Waals surface area (Å²) < 4.78 is 5.48. The molecular weight excluding hydrogens is 400 g/mol. The van der Waals surface area contributed by atoms with Crippen molar-refractivity contribution in [2.75, 3.05) is 19.7 Å². The third-order valence-electron chi connectivity index (χ3n) is 4.97. The molecule has 1 aromatic carbocycles. The van der Waals surface area contributed by atoms with Crippen LogP contribution in [0.15, 0.2) is 29.6 Å². The fourth-order valence-corrected chi connectivity index (χ4v) is 4.21. The zero-order valence-electron chi connectivity index (χ0n) is 17.8. The van der Waals surface area contributed by atoms with Crippen LogP contribution < -0.4 is 15.4 Å². The molecule has 3 rings (SSSR count). The Kier molecular flexibility index (Phi) is 7.81. The van der Waals surface area contributed by atoms with Gasteiger partial charge in [0.15, 0.2) is 0 Å². The average molecular weight is 431 g/mol. The predicted molar refractivity (Wildman–Crippen MR) is 117 cm³/mol. The van der Waals surface area contributed by atoms with Crippen LogP contribution in [-0.4, -0.2) is 47.4 Å². The normalized spacial score (nSPS) is 17.1. The van der Waals surface area contributed by atoms with E-state index in [9.17, 15) is 9.59 Å². The van der Waals surface area contributed by atoms with E-state index in [1.807, 2.05) is 36.6 Å². The van der Waals surface area contributed by atoms with E-state index in [0.717, 1.165) is 22.0 Å². The zero-order valence-corrected chi connectivity index (χ0v) is 18.6. The van der Waals surface area contributed by atoms with Crippen LogP contribution in [0, 0.1) is 0 Å². The van der Waals surface area contributed by atoms with E-state index >= 15 is 0 Å². The van der Waals surface area contributed by atoms with Crippen LogP contribution in [0.25, 0.3) is 0 Å². The van der Waals surface area contributed by atoms with Crippen molar-refractivity contribution in [3.8, 4) is 5.75 Å². The molecule has 0 saturated carbocycles. The smallest absolute Gasteiger partial charge is 0.237 e. The first kappa shape index (κ1) is 22.2. The van der Waals surface area contributed by atoms with Gasteiger partial charge in [-0.3, -0.25) is 14.5 Å². The highest BCUT2D eigenvalue weighted by molar-refractivity contribution is 7.09. The summed E-state index contributed by atoms with van der Waals surface area (Å²) >= 11 is 1.61. The van der Waals surface area contributed by atoms with E-state index < -0.39 is 6.04 Å². The fraction of sp³-hybridized carbons (Fsp3) is 0.500. The lowest BCUT2D eigenvalue weighted by Crippen LogP contribution is -2.56. The van der Waals surface area contributed by atoms with Gasteiger partial charge >= 0.3 is 0 Å². The minimum Gasteiger partial charge on any atom is -0.494 e. The fourth-order valence-electron chi connectivity index (χ4n) is 3.37. The molecule has 1 atom stereocenters. The minimum absolute atomic E-state index is 0.0990. The molecule has 7 nitrogen and oxygen atoms in total. The lowest BCUT2D eigenvalue weighted by atomic mass is 10.1. The molecule has 30 heavy (non-hydrogen) atoms. The maximum Gasteiger partial charge on any atom is 0.237 e. The van der Waals surface area contributed by atoms with Gasteiger partial charge in [-0.2, -0.15) is 0 Å². The molecule has 8 heteroatoms. The van der Waals surface area contributed by atoms with Crippen LogP contribution in [0.5, 0.6) is 5.75 Å². The number of thiazole rings is 1.